The summed E-state index contributed by atoms with van der Waals surface area (Å²) in [6, 6.07) is 0.722. The first-order chi connectivity index (χ1) is 9.69. The first-order valence-corrected chi connectivity index (χ1v) is 8.00. The minimum Gasteiger partial charge on any atom is -0.465 e. The molecule has 3 heterocycles. The van der Waals surface area contributed by atoms with Crippen molar-refractivity contribution in [2.24, 2.45) is 5.92 Å². The van der Waals surface area contributed by atoms with Crippen LogP contribution in [-0.4, -0.2) is 55.7 Å². The number of anilines is 1. The van der Waals surface area contributed by atoms with Gasteiger partial charge in [-0.15, -0.1) is 0 Å². The van der Waals surface area contributed by atoms with Crippen LogP contribution in [0.4, 0.5) is 5.13 Å². The van der Waals surface area contributed by atoms with Crippen LogP contribution in [0.25, 0.3) is 0 Å². The standard InChI is InChI=1S/C14H21N3O2S/c1-16-6-3-4-10-9-17(7-5-11(10)16)14-15-8-12(20-14)13(18)19-2/h8,10-11H,3-7,9H2,1-2H3. The Labute approximate surface area is 123 Å². The molecule has 0 spiro atoms. The maximum Gasteiger partial charge on any atom is 0.349 e. The molecular weight excluding hydrogens is 274 g/mol. The van der Waals surface area contributed by atoms with Gasteiger partial charge in [0, 0.05) is 19.1 Å². The second kappa shape index (κ2) is 5.69. The van der Waals surface area contributed by atoms with Crippen molar-refractivity contribution >= 4 is 22.4 Å². The molecule has 0 aliphatic carbocycles. The number of methoxy groups -OCH3 is 1. The van der Waals surface area contributed by atoms with Gasteiger partial charge in [-0.1, -0.05) is 11.3 Å². The van der Waals surface area contributed by atoms with Gasteiger partial charge in [0.25, 0.3) is 0 Å². The first-order valence-electron chi connectivity index (χ1n) is 7.18. The van der Waals surface area contributed by atoms with Gasteiger partial charge in [0.2, 0.25) is 0 Å². The van der Waals surface area contributed by atoms with Gasteiger partial charge >= 0.3 is 5.97 Å². The summed E-state index contributed by atoms with van der Waals surface area (Å²) in [7, 11) is 3.65. The van der Waals surface area contributed by atoms with E-state index in [1.165, 1.54) is 44.3 Å². The van der Waals surface area contributed by atoms with E-state index in [-0.39, 0.29) is 5.97 Å². The van der Waals surface area contributed by atoms with Crippen LogP contribution in [0.1, 0.15) is 28.9 Å². The Bertz CT molecular complexity index is 491. The van der Waals surface area contributed by atoms with Crippen LogP contribution in [-0.2, 0) is 4.74 Å². The molecule has 2 atom stereocenters. The largest absolute Gasteiger partial charge is 0.465 e. The third-order valence-electron chi connectivity index (χ3n) is 4.50. The summed E-state index contributed by atoms with van der Waals surface area (Å²) in [6.07, 6.45) is 5.41. The highest BCUT2D eigenvalue weighted by Gasteiger charge is 2.35. The van der Waals surface area contributed by atoms with E-state index in [0.717, 1.165) is 30.2 Å². The highest BCUT2D eigenvalue weighted by Crippen LogP contribution is 2.33. The Morgan fingerprint density at radius 2 is 2.30 bits per heavy atom. The number of likely N-dealkylation sites (tertiary alicyclic amines) is 1. The molecule has 0 saturated carbocycles. The molecule has 2 saturated heterocycles. The van der Waals surface area contributed by atoms with Crippen LogP contribution in [0.2, 0.25) is 0 Å². The summed E-state index contributed by atoms with van der Waals surface area (Å²) in [5.41, 5.74) is 0. The van der Waals surface area contributed by atoms with E-state index in [0.29, 0.717) is 4.88 Å². The lowest BCUT2D eigenvalue weighted by atomic mass is 9.84. The molecule has 1 aromatic heterocycles. The van der Waals surface area contributed by atoms with E-state index in [4.69, 9.17) is 4.74 Å². The van der Waals surface area contributed by atoms with Crippen molar-refractivity contribution in [3.63, 3.8) is 0 Å². The van der Waals surface area contributed by atoms with Crippen molar-refractivity contribution in [1.29, 1.82) is 0 Å². The number of thiazole rings is 1. The number of piperidine rings is 2. The molecule has 20 heavy (non-hydrogen) atoms. The van der Waals surface area contributed by atoms with Gasteiger partial charge in [-0.2, -0.15) is 0 Å². The Balaban J connectivity index is 1.70. The molecule has 2 aliphatic heterocycles. The second-order valence-electron chi connectivity index (χ2n) is 5.68. The SMILES string of the molecule is COC(=O)c1cnc(N2CCC3C(CCCN3C)C2)s1. The Hall–Kier alpha value is -1.14. The molecule has 2 aliphatic rings. The van der Waals surface area contributed by atoms with Gasteiger partial charge in [-0.3, -0.25) is 0 Å². The summed E-state index contributed by atoms with van der Waals surface area (Å²) in [5.74, 6) is 0.439. The second-order valence-corrected chi connectivity index (χ2v) is 6.69. The first kappa shape index (κ1) is 13.8. The molecule has 2 fully saturated rings. The molecule has 1 aromatic rings. The zero-order chi connectivity index (χ0) is 14.1. The number of carbonyl (C=O) groups is 1. The maximum atomic E-state index is 11.5. The van der Waals surface area contributed by atoms with Crippen molar-refractivity contribution in [2.45, 2.75) is 25.3 Å². The van der Waals surface area contributed by atoms with E-state index in [1.54, 1.807) is 6.20 Å². The van der Waals surface area contributed by atoms with Crippen LogP contribution in [0.15, 0.2) is 6.20 Å². The normalized spacial score (nSPS) is 27.2. The number of hydrogen-bond acceptors (Lipinski definition) is 6. The van der Waals surface area contributed by atoms with Crippen LogP contribution >= 0.6 is 11.3 Å². The average Bonchev–Trinajstić information content (AvgIpc) is 2.96. The topological polar surface area (TPSA) is 45.7 Å². The van der Waals surface area contributed by atoms with Crippen molar-refractivity contribution < 1.29 is 9.53 Å². The van der Waals surface area contributed by atoms with Gasteiger partial charge in [0.1, 0.15) is 4.88 Å². The number of esters is 1. The number of hydrogen-bond donors (Lipinski definition) is 0. The Morgan fingerprint density at radius 3 is 3.10 bits per heavy atom. The third kappa shape index (κ3) is 2.54. The molecule has 0 aromatic carbocycles. The smallest absolute Gasteiger partial charge is 0.349 e. The molecule has 0 bridgehead atoms. The predicted molar refractivity (Wildman–Crippen MR) is 79.4 cm³/mol. The molecule has 6 heteroatoms. The van der Waals surface area contributed by atoms with E-state index >= 15 is 0 Å². The summed E-state index contributed by atoms with van der Waals surface area (Å²) in [5, 5.41) is 0.956. The van der Waals surface area contributed by atoms with E-state index < -0.39 is 0 Å². The van der Waals surface area contributed by atoms with Crippen LogP contribution in [0.3, 0.4) is 0 Å². The molecule has 2 unspecified atom stereocenters. The third-order valence-corrected chi connectivity index (χ3v) is 5.53. The van der Waals surface area contributed by atoms with E-state index in [1.807, 2.05) is 0 Å². The van der Waals surface area contributed by atoms with Gasteiger partial charge in [0.15, 0.2) is 5.13 Å². The van der Waals surface area contributed by atoms with Gasteiger partial charge < -0.3 is 14.5 Å². The van der Waals surface area contributed by atoms with Gasteiger partial charge in [-0.05, 0) is 38.8 Å². The molecule has 0 amide bonds. The van der Waals surface area contributed by atoms with Crippen LogP contribution in [0, 0.1) is 5.92 Å². The number of rotatable bonds is 2. The number of aromatic nitrogens is 1. The van der Waals surface area contributed by atoms with E-state index in [9.17, 15) is 4.79 Å². The monoisotopic (exact) mass is 295 g/mol. The zero-order valence-corrected chi connectivity index (χ0v) is 12.9. The molecule has 3 rings (SSSR count). The fourth-order valence-electron chi connectivity index (χ4n) is 3.43. The fraction of sp³-hybridized carbons (Fsp3) is 0.714. The molecule has 110 valence electrons. The molecule has 0 N–H and O–H groups in total. The molecule has 5 nitrogen and oxygen atoms in total. The fourth-order valence-corrected chi connectivity index (χ4v) is 4.30. The van der Waals surface area contributed by atoms with E-state index in [2.05, 4.69) is 21.8 Å². The summed E-state index contributed by atoms with van der Waals surface area (Å²) in [4.78, 5) is 21.3. The quantitative estimate of drug-likeness (QED) is 0.779. The maximum absolute atomic E-state index is 11.5. The zero-order valence-electron chi connectivity index (χ0n) is 12.0. The summed E-state index contributed by atoms with van der Waals surface area (Å²) in [6.45, 7) is 3.31. The highest BCUT2D eigenvalue weighted by atomic mass is 32.1. The van der Waals surface area contributed by atoms with Gasteiger partial charge in [-0.25, -0.2) is 9.78 Å². The minimum absolute atomic E-state index is 0.291. The van der Waals surface area contributed by atoms with Crippen molar-refractivity contribution in [1.82, 2.24) is 9.88 Å². The lowest BCUT2D eigenvalue weighted by Gasteiger charge is -2.45. The predicted octanol–water partition coefficient (Wildman–Crippen LogP) is 1.85. The Morgan fingerprint density at radius 1 is 1.45 bits per heavy atom. The van der Waals surface area contributed by atoms with Crippen molar-refractivity contribution in [3.05, 3.63) is 11.1 Å². The Kier molecular flexibility index (Phi) is 3.94. The highest BCUT2D eigenvalue weighted by molar-refractivity contribution is 7.17. The van der Waals surface area contributed by atoms with Crippen LogP contribution < -0.4 is 4.90 Å². The number of fused-ring (bicyclic) bond motifs is 1. The number of nitrogens with zero attached hydrogens (tertiary/aromatic N) is 3. The minimum atomic E-state index is -0.291. The average molecular weight is 295 g/mol. The molecular formula is C14H21N3O2S. The number of ether oxygens (including phenoxy) is 1. The molecule has 0 radical (unpaired) electrons. The lowest BCUT2D eigenvalue weighted by molar-refractivity contribution is 0.0606. The van der Waals surface area contributed by atoms with Crippen LogP contribution in [0.5, 0.6) is 0 Å². The summed E-state index contributed by atoms with van der Waals surface area (Å²) >= 11 is 1.44. The van der Waals surface area contributed by atoms with Gasteiger partial charge in [0.05, 0.1) is 13.3 Å². The lowest BCUT2D eigenvalue weighted by Crippen LogP contribution is -2.52. The number of carbonyl (C=O) groups excluding carboxylic acids is 1. The summed E-state index contributed by atoms with van der Waals surface area (Å²) < 4.78 is 4.74. The van der Waals surface area contributed by atoms with Crippen molar-refractivity contribution in [2.75, 3.05) is 38.7 Å². The van der Waals surface area contributed by atoms with Crippen molar-refractivity contribution in [3.8, 4) is 0 Å².